The lowest BCUT2D eigenvalue weighted by atomic mass is 9.96. The standard InChI is InChI=1S/C12H16ClNO/c1-2-10(9-14-12(15)8-13)11-6-4-3-5-7-11/h3-7,10H,2,8-9H2,1H3,(H,14,15). The third kappa shape index (κ3) is 3.92. The van der Waals surface area contributed by atoms with Crippen LogP contribution in [0.15, 0.2) is 30.3 Å². The Labute approximate surface area is 95.6 Å². The van der Waals surface area contributed by atoms with E-state index in [1.54, 1.807) is 0 Å². The maximum atomic E-state index is 11.0. The van der Waals surface area contributed by atoms with E-state index in [0.717, 1.165) is 6.42 Å². The van der Waals surface area contributed by atoms with Gasteiger partial charge in [-0.15, -0.1) is 11.6 Å². The summed E-state index contributed by atoms with van der Waals surface area (Å²) in [7, 11) is 0. The Bertz CT molecular complexity index is 300. The molecule has 82 valence electrons. The van der Waals surface area contributed by atoms with Gasteiger partial charge in [0.05, 0.1) is 0 Å². The van der Waals surface area contributed by atoms with Crippen molar-refractivity contribution in [2.45, 2.75) is 19.3 Å². The van der Waals surface area contributed by atoms with Crippen molar-refractivity contribution >= 4 is 17.5 Å². The van der Waals surface area contributed by atoms with E-state index in [1.807, 2.05) is 18.2 Å². The number of nitrogens with one attached hydrogen (secondary N) is 1. The van der Waals surface area contributed by atoms with E-state index in [-0.39, 0.29) is 11.8 Å². The largest absolute Gasteiger partial charge is 0.354 e. The molecule has 2 nitrogen and oxygen atoms in total. The molecule has 15 heavy (non-hydrogen) atoms. The summed E-state index contributed by atoms with van der Waals surface area (Å²) in [5, 5.41) is 2.81. The fourth-order valence-electron chi connectivity index (χ4n) is 1.51. The van der Waals surface area contributed by atoms with Crippen molar-refractivity contribution in [3.05, 3.63) is 35.9 Å². The van der Waals surface area contributed by atoms with Gasteiger partial charge in [-0.25, -0.2) is 0 Å². The van der Waals surface area contributed by atoms with Gasteiger partial charge in [-0.2, -0.15) is 0 Å². The maximum absolute atomic E-state index is 11.0. The molecule has 0 radical (unpaired) electrons. The molecule has 3 heteroatoms. The smallest absolute Gasteiger partial charge is 0.234 e. The molecule has 1 rings (SSSR count). The van der Waals surface area contributed by atoms with Gasteiger partial charge < -0.3 is 5.32 Å². The molecule has 1 atom stereocenters. The summed E-state index contributed by atoms with van der Waals surface area (Å²) in [6, 6.07) is 10.2. The molecular formula is C12H16ClNO. The Kier molecular flexibility index (Phi) is 5.19. The molecule has 0 heterocycles. The summed E-state index contributed by atoms with van der Waals surface area (Å²) in [4.78, 5) is 11.0. The summed E-state index contributed by atoms with van der Waals surface area (Å²) in [6.07, 6.45) is 1.01. The van der Waals surface area contributed by atoms with Gasteiger partial charge in [-0.05, 0) is 12.0 Å². The normalized spacial score (nSPS) is 12.1. The fourth-order valence-corrected chi connectivity index (χ4v) is 1.60. The highest BCUT2D eigenvalue weighted by atomic mass is 35.5. The minimum atomic E-state index is -0.106. The van der Waals surface area contributed by atoms with Gasteiger partial charge in [0.2, 0.25) is 5.91 Å². The summed E-state index contributed by atoms with van der Waals surface area (Å²) in [6.45, 7) is 2.77. The van der Waals surface area contributed by atoms with Gasteiger partial charge in [0.25, 0.3) is 0 Å². The zero-order valence-electron chi connectivity index (χ0n) is 8.87. The third-order valence-corrected chi connectivity index (χ3v) is 2.67. The molecule has 0 spiro atoms. The van der Waals surface area contributed by atoms with Gasteiger partial charge in [-0.1, -0.05) is 37.3 Å². The lowest BCUT2D eigenvalue weighted by molar-refractivity contribution is -0.118. The second-order valence-corrected chi connectivity index (χ2v) is 3.72. The van der Waals surface area contributed by atoms with Gasteiger partial charge >= 0.3 is 0 Å². The molecule has 0 aliphatic carbocycles. The summed E-state index contributed by atoms with van der Waals surface area (Å²) < 4.78 is 0. The van der Waals surface area contributed by atoms with Gasteiger partial charge in [0.15, 0.2) is 0 Å². The van der Waals surface area contributed by atoms with Crippen LogP contribution in [0.2, 0.25) is 0 Å². The first-order valence-electron chi connectivity index (χ1n) is 5.15. The number of carbonyl (C=O) groups excluding carboxylic acids is 1. The van der Waals surface area contributed by atoms with E-state index in [2.05, 4.69) is 24.4 Å². The van der Waals surface area contributed by atoms with Crippen LogP contribution < -0.4 is 5.32 Å². The first-order valence-corrected chi connectivity index (χ1v) is 5.69. The minimum absolute atomic E-state index is 0.0330. The second-order valence-electron chi connectivity index (χ2n) is 3.45. The molecule has 1 unspecified atom stereocenters. The Morgan fingerprint density at radius 1 is 1.40 bits per heavy atom. The number of hydrogen-bond acceptors (Lipinski definition) is 1. The molecule has 0 saturated heterocycles. The number of alkyl halides is 1. The van der Waals surface area contributed by atoms with E-state index in [1.165, 1.54) is 5.56 Å². The maximum Gasteiger partial charge on any atom is 0.234 e. The Balaban J connectivity index is 2.53. The van der Waals surface area contributed by atoms with Crippen molar-refractivity contribution in [3.63, 3.8) is 0 Å². The molecule has 1 N–H and O–H groups in total. The van der Waals surface area contributed by atoms with Crippen LogP contribution in [0.4, 0.5) is 0 Å². The van der Waals surface area contributed by atoms with Gasteiger partial charge in [0, 0.05) is 12.5 Å². The lowest BCUT2D eigenvalue weighted by Gasteiger charge is -2.15. The molecule has 0 saturated carbocycles. The third-order valence-electron chi connectivity index (χ3n) is 2.43. The van der Waals surface area contributed by atoms with E-state index < -0.39 is 0 Å². The average Bonchev–Trinajstić information content (AvgIpc) is 2.31. The van der Waals surface area contributed by atoms with E-state index in [9.17, 15) is 4.79 Å². The van der Waals surface area contributed by atoms with Crippen LogP contribution in [0.25, 0.3) is 0 Å². The van der Waals surface area contributed by atoms with Gasteiger partial charge in [0.1, 0.15) is 5.88 Å². The SMILES string of the molecule is CCC(CNC(=O)CCl)c1ccccc1. The number of hydrogen-bond donors (Lipinski definition) is 1. The molecule has 1 amide bonds. The Morgan fingerprint density at radius 3 is 2.60 bits per heavy atom. The monoisotopic (exact) mass is 225 g/mol. The molecule has 0 aliphatic heterocycles. The fraction of sp³-hybridized carbons (Fsp3) is 0.417. The predicted octanol–water partition coefficient (Wildman–Crippen LogP) is 2.54. The number of halogens is 1. The lowest BCUT2D eigenvalue weighted by Crippen LogP contribution is -2.29. The molecule has 0 fully saturated rings. The van der Waals surface area contributed by atoms with Crippen molar-refractivity contribution < 1.29 is 4.79 Å². The molecule has 0 bridgehead atoms. The first-order chi connectivity index (χ1) is 7.27. The second kappa shape index (κ2) is 6.46. The zero-order chi connectivity index (χ0) is 11.1. The van der Waals surface area contributed by atoms with Crippen LogP contribution in [0.1, 0.15) is 24.8 Å². The van der Waals surface area contributed by atoms with E-state index in [0.29, 0.717) is 12.5 Å². The quantitative estimate of drug-likeness (QED) is 0.767. The average molecular weight is 226 g/mol. The van der Waals surface area contributed by atoms with Crippen LogP contribution in [-0.2, 0) is 4.79 Å². The highest BCUT2D eigenvalue weighted by Gasteiger charge is 2.09. The van der Waals surface area contributed by atoms with E-state index >= 15 is 0 Å². The summed E-state index contributed by atoms with van der Waals surface area (Å²) in [5.74, 6) is 0.301. The number of benzene rings is 1. The van der Waals surface area contributed by atoms with Crippen LogP contribution in [-0.4, -0.2) is 18.3 Å². The van der Waals surface area contributed by atoms with Crippen molar-refractivity contribution in [2.75, 3.05) is 12.4 Å². The van der Waals surface area contributed by atoms with Crippen LogP contribution in [0.3, 0.4) is 0 Å². The highest BCUT2D eigenvalue weighted by Crippen LogP contribution is 2.17. The minimum Gasteiger partial charge on any atom is -0.354 e. The zero-order valence-corrected chi connectivity index (χ0v) is 9.63. The van der Waals surface area contributed by atoms with Crippen LogP contribution in [0.5, 0.6) is 0 Å². The summed E-state index contributed by atoms with van der Waals surface area (Å²) >= 11 is 5.41. The van der Waals surface area contributed by atoms with Crippen molar-refractivity contribution in [1.82, 2.24) is 5.32 Å². The Morgan fingerprint density at radius 2 is 2.07 bits per heavy atom. The van der Waals surface area contributed by atoms with Crippen LogP contribution in [0, 0.1) is 0 Å². The van der Waals surface area contributed by atoms with Crippen LogP contribution >= 0.6 is 11.6 Å². The predicted molar refractivity (Wildman–Crippen MR) is 63.2 cm³/mol. The van der Waals surface area contributed by atoms with Crippen molar-refractivity contribution in [1.29, 1.82) is 0 Å². The number of amides is 1. The molecule has 0 aromatic heterocycles. The number of carbonyl (C=O) groups is 1. The highest BCUT2D eigenvalue weighted by molar-refractivity contribution is 6.27. The van der Waals surface area contributed by atoms with Gasteiger partial charge in [-0.3, -0.25) is 4.79 Å². The first kappa shape index (κ1) is 12.1. The summed E-state index contributed by atoms with van der Waals surface area (Å²) in [5.41, 5.74) is 1.26. The molecule has 1 aromatic carbocycles. The van der Waals surface area contributed by atoms with Crippen molar-refractivity contribution in [3.8, 4) is 0 Å². The van der Waals surface area contributed by atoms with Crippen molar-refractivity contribution in [2.24, 2.45) is 0 Å². The molecule has 1 aromatic rings. The molecule has 0 aliphatic rings. The Hall–Kier alpha value is -1.02. The topological polar surface area (TPSA) is 29.1 Å². The van der Waals surface area contributed by atoms with E-state index in [4.69, 9.17) is 11.6 Å². The number of rotatable bonds is 5. The molecular weight excluding hydrogens is 210 g/mol.